The van der Waals surface area contributed by atoms with Crippen LogP contribution in [0.4, 0.5) is 5.69 Å². The van der Waals surface area contributed by atoms with Crippen molar-refractivity contribution in [2.24, 2.45) is 0 Å². The van der Waals surface area contributed by atoms with E-state index in [1.54, 1.807) is 24.3 Å². The fourth-order valence-corrected chi connectivity index (χ4v) is 4.20. The first-order valence-corrected chi connectivity index (χ1v) is 11.4. The van der Waals surface area contributed by atoms with Gasteiger partial charge in [-0.3, -0.25) is 14.5 Å². The highest BCUT2D eigenvalue weighted by Gasteiger charge is 2.24. The van der Waals surface area contributed by atoms with Gasteiger partial charge in [-0.15, -0.1) is 0 Å². The highest BCUT2D eigenvalue weighted by atomic mass is 16.5. The maximum absolute atomic E-state index is 13.1. The molecule has 0 aromatic heterocycles. The van der Waals surface area contributed by atoms with E-state index in [1.165, 1.54) is 0 Å². The average Bonchev–Trinajstić information content (AvgIpc) is 3.36. The third-order valence-electron chi connectivity index (χ3n) is 6.16. The monoisotopic (exact) mass is 436 g/mol. The molecule has 7 heteroatoms. The first kappa shape index (κ1) is 22.5. The quantitative estimate of drug-likeness (QED) is 0.698. The zero-order chi connectivity index (χ0) is 22.3. The van der Waals surface area contributed by atoms with Crippen LogP contribution in [0.1, 0.15) is 34.8 Å². The summed E-state index contributed by atoms with van der Waals surface area (Å²) in [6.45, 7) is 5.42. The van der Waals surface area contributed by atoms with E-state index in [0.717, 1.165) is 51.1 Å². The van der Waals surface area contributed by atoms with Crippen molar-refractivity contribution in [1.29, 1.82) is 0 Å². The number of ether oxygens (including phenoxy) is 1. The smallest absolute Gasteiger partial charge is 0.253 e. The van der Waals surface area contributed by atoms with Gasteiger partial charge in [0.2, 0.25) is 0 Å². The van der Waals surface area contributed by atoms with Gasteiger partial charge in [0.25, 0.3) is 11.8 Å². The van der Waals surface area contributed by atoms with E-state index < -0.39 is 6.10 Å². The highest BCUT2D eigenvalue weighted by molar-refractivity contribution is 5.98. The van der Waals surface area contributed by atoms with Crippen molar-refractivity contribution in [2.75, 3.05) is 51.7 Å². The highest BCUT2D eigenvalue weighted by Crippen LogP contribution is 2.19. The van der Waals surface area contributed by atoms with E-state index in [9.17, 15) is 9.59 Å². The summed E-state index contributed by atoms with van der Waals surface area (Å²) in [5.74, 6) is -0.307. The summed E-state index contributed by atoms with van der Waals surface area (Å²) in [5.41, 5.74) is 2.21. The third-order valence-corrected chi connectivity index (χ3v) is 6.16. The molecule has 0 bridgehead atoms. The van der Waals surface area contributed by atoms with Crippen molar-refractivity contribution < 1.29 is 14.3 Å². The summed E-state index contributed by atoms with van der Waals surface area (Å²) in [5, 5.41) is 6.09. The topological polar surface area (TPSA) is 73.9 Å². The van der Waals surface area contributed by atoms with E-state index in [4.69, 9.17) is 4.74 Å². The van der Waals surface area contributed by atoms with Crippen molar-refractivity contribution in [3.8, 4) is 0 Å². The molecular formula is C25H32N4O3. The first-order valence-electron chi connectivity index (χ1n) is 11.4. The number of benzene rings is 2. The maximum atomic E-state index is 13.1. The summed E-state index contributed by atoms with van der Waals surface area (Å²) in [4.78, 5) is 30.2. The molecule has 0 saturated carbocycles. The molecule has 2 fully saturated rings. The molecule has 2 aromatic carbocycles. The molecule has 2 unspecified atom stereocenters. The van der Waals surface area contributed by atoms with Crippen LogP contribution in [0.5, 0.6) is 0 Å². The van der Waals surface area contributed by atoms with Gasteiger partial charge in [-0.1, -0.05) is 36.4 Å². The van der Waals surface area contributed by atoms with Crippen LogP contribution < -0.4 is 10.6 Å². The maximum Gasteiger partial charge on any atom is 0.253 e. The molecule has 2 saturated heterocycles. The van der Waals surface area contributed by atoms with Crippen molar-refractivity contribution in [3.63, 3.8) is 0 Å². The molecule has 4 rings (SSSR count). The minimum atomic E-state index is -0.404. The third kappa shape index (κ3) is 5.94. The molecule has 2 aliphatic rings. The van der Waals surface area contributed by atoms with Gasteiger partial charge < -0.3 is 20.3 Å². The van der Waals surface area contributed by atoms with Crippen LogP contribution in [-0.4, -0.2) is 74.1 Å². The Balaban J connectivity index is 1.43. The number of nitrogens with zero attached hydrogens (tertiary/aromatic N) is 2. The molecule has 2 atom stereocenters. The Morgan fingerprint density at radius 2 is 1.84 bits per heavy atom. The van der Waals surface area contributed by atoms with Gasteiger partial charge in [-0.2, -0.15) is 0 Å². The lowest BCUT2D eigenvalue weighted by Gasteiger charge is -2.35. The molecule has 2 aliphatic heterocycles. The SMILES string of the molecule is CN1CCN(CC(NC(=O)c2cccc(NC(=O)C3CCCO3)c2)c2ccccc2)CC1. The number of carbonyl (C=O) groups excluding carboxylic acids is 2. The molecule has 2 heterocycles. The fourth-order valence-electron chi connectivity index (χ4n) is 4.20. The number of amides is 2. The van der Waals surface area contributed by atoms with Crippen LogP contribution >= 0.6 is 0 Å². The summed E-state index contributed by atoms with van der Waals surface area (Å²) < 4.78 is 5.45. The van der Waals surface area contributed by atoms with E-state index >= 15 is 0 Å². The zero-order valence-corrected chi connectivity index (χ0v) is 18.6. The van der Waals surface area contributed by atoms with E-state index in [1.807, 2.05) is 18.2 Å². The van der Waals surface area contributed by atoms with Gasteiger partial charge in [0.05, 0.1) is 6.04 Å². The lowest BCUT2D eigenvalue weighted by Crippen LogP contribution is -2.47. The van der Waals surface area contributed by atoms with Gasteiger partial charge in [-0.25, -0.2) is 0 Å². The van der Waals surface area contributed by atoms with Crippen molar-refractivity contribution in [3.05, 3.63) is 65.7 Å². The van der Waals surface area contributed by atoms with Crippen molar-refractivity contribution in [1.82, 2.24) is 15.1 Å². The fraction of sp³-hybridized carbons (Fsp3) is 0.440. The Morgan fingerprint density at radius 1 is 1.06 bits per heavy atom. The number of anilines is 1. The Hall–Kier alpha value is -2.74. The van der Waals surface area contributed by atoms with Gasteiger partial charge in [-0.05, 0) is 43.7 Å². The summed E-state index contributed by atoms with van der Waals surface area (Å²) in [6.07, 6.45) is 1.23. The van der Waals surface area contributed by atoms with E-state index in [0.29, 0.717) is 17.9 Å². The summed E-state index contributed by atoms with van der Waals surface area (Å²) in [6, 6.07) is 17.1. The molecule has 2 N–H and O–H groups in total. The van der Waals surface area contributed by atoms with Gasteiger partial charge in [0.15, 0.2) is 0 Å². The lowest BCUT2D eigenvalue weighted by molar-refractivity contribution is -0.124. The molecular weight excluding hydrogens is 404 g/mol. The lowest BCUT2D eigenvalue weighted by atomic mass is 10.0. The van der Waals surface area contributed by atoms with Crippen LogP contribution in [0.2, 0.25) is 0 Å². The minimum Gasteiger partial charge on any atom is -0.368 e. The molecule has 0 spiro atoms. The van der Waals surface area contributed by atoms with Gasteiger partial charge in [0.1, 0.15) is 6.10 Å². The molecule has 2 amide bonds. The number of rotatable bonds is 7. The average molecular weight is 437 g/mol. The van der Waals surface area contributed by atoms with E-state index in [-0.39, 0.29) is 17.9 Å². The number of piperazine rings is 1. The van der Waals surface area contributed by atoms with Gasteiger partial charge >= 0.3 is 0 Å². The number of likely N-dealkylation sites (N-methyl/N-ethyl adjacent to an activating group) is 1. The Labute approximate surface area is 189 Å². The summed E-state index contributed by atoms with van der Waals surface area (Å²) >= 11 is 0. The van der Waals surface area contributed by atoms with Crippen molar-refractivity contribution >= 4 is 17.5 Å². The van der Waals surface area contributed by atoms with Crippen LogP contribution in [-0.2, 0) is 9.53 Å². The van der Waals surface area contributed by atoms with Gasteiger partial charge in [0, 0.05) is 50.6 Å². The number of hydrogen-bond acceptors (Lipinski definition) is 5. The Kier molecular flexibility index (Phi) is 7.52. The first-order chi connectivity index (χ1) is 15.6. The minimum absolute atomic E-state index is 0.114. The predicted molar refractivity (Wildman–Crippen MR) is 125 cm³/mol. The molecule has 0 aliphatic carbocycles. The Bertz CT molecular complexity index is 906. The number of hydrogen-bond donors (Lipinski definition) is 2. The molecule has 170 valence electrons. The second kappa shape index (κ2) is 10.7. The van der Waals surface area contributed by atoms with Crippen molar-refractivity contribution in [2.45, 2.75) is 25.0 Å². The standard InChI is InChI=1S/C25H32N4O3/c1-28-12-14-29(15-13-28)18-22(19-7-3-2-4-8-19)27-24(30)20-9-5-10-21(17-20)26-25(31)23-11-6-16-32-23/h2-5,7-10,17,22-23H,6,11-16,18H2,1H3,(H,26,31)(H,27,30). The second-order valence-corrected chi connectivity index (χ2v) is 8.61. The Morgan fingerprint density at radius 3 is 2.56 bits per heavy atom. The predicted octanol–water partition coefficient (Wildman–Crippen LogP) is 2.52. The van der Waals surface area contributed by atoms with Crippen LogP contribution in [0.25, 0.3) is 0 Å². The molecule has 32 heavy (non-hydrogen) atoms. The molecule has 0 radical (unpaired) electrons. The summed E-state index contributed by atoms with van der Waals surface area (Å²) in [7, 11) is 2.14. The van der Waals surface area contributed by atoms with E-state index in [2.05, 4.69) is 39.6 Å². The number of nitrogens with one attached hydrogen (secondary N) is 2. The second-order valence-electron chi connectivity index (χ2n) is 8.61. The zero-order valence-electron chi connectivity index (χ0n) is 18.6. The molecule has 2 aromatic rings. The number of carbonyl (C=O) groups is 2. The van der Waals surface area contributed by atoms with Crippen LogP contribution in [0.3, 0.4) is 0 Å². The molecule has 7 nitrogen and oxygen atoms in total. The normalized spacial score (nSPS) is 20.6. The largest absolute Gasteiger partial charge is 0.368 e. The van der Waals surface area contributed by atoms with Crippen LogP contribution in [0.15, 0.2) is 54.6 Å². The van der Waals surface area contributed by atoms with Crippen LogP contribution in [0, 0.1) is 0 Å².